The predicted octanol–water partition coefficient (Wildman–Crippen LogP) is 3.18. The largest absolute Gasteiger partial charge is 0.495 e. The first-order valence-electron chi connectivity index (χ1n) is 6.47. The molecular formula is C14H14ClNO4. The standard InChI is InChI=1S/C14H14ClNO4/c1-18-12-9(15)6-10-13(20-8-19-10)11(12)14(16-7-17)4-2-3-5-14/h6H,2-5,8H2,1H3. The summed E-state index contributed by atoms with van der Waals surface area (Å²) in [4.78, 5) is 15.0. The normalized spacial score (nSPS) is 18.7. The minimum absolute atomic E-state index is 0.132. The Balaban J connectivity index is 2.28. The molecule has 1 heterocycles. The Morgan fingerprint density at radius 3 is 2.80 bits per heavy atom. The monoisotopic (exact) mass is 295 g/mol. The highest BCUT2D eigenvalue weighted by molar-refractivity contribution is 6.32. The molecule has 1 aliphatic heterocycles. The van der Waals surface area contributed by atoms with E-state index in [2.05, 4.69) is 4.99 Å². The second-order valence-electron chi connectivity index (χ2n) is 4.94. The minimum atomic E-state index is -0.671. The molecule has 0 spiro atoms. The first kappa shape index (κ1) is 13.3. The first-order chi connectivity index (χ1) is 9.72. The fourth-order valence-electron chi connectivity index (χ4n) is 3.08. The quantitative estimate of drug-likeness (QED) is 0.635. The summed E-state index contributed by atoms with van der Waals surface area (Å²) in [6.07, 6.45) is 5.15. The summed E-state index contributed by atoms with van der Waals surface area (Å²) in [7, 11) is 1.54. The highest BCUT2D eigenvalue weighted by Crippen LogP contribution is 2.55. The van der Waals surface area contributed by atoms with E-state index in [0.29, 0.717) is 27.8 Å². The fourth-order valence-corrected chi connectivity index (χ4v) is 3.35. The van der Waals surface area contributed by atoms with Gasteiger partial charge < -0.3 is 14.2 Å². The Hall–Kier alpha value is -1.71. The molecule has 0 amide bonds. The molecule has 6 heteroatoms. The average Bonchev–Trinajstić information content (AvgIpc) is 3.07. The van der Waals surface area contributed by atoms with Crippen LogP contribution < -0.4 is 14.2 Å². The molecule has 2 aliphatic rings. The number of benzene rings is 1. The third-order valence-electron chi connectivity index (χ3n) is 3.93. The Labute approximate surface area is 121 Å². The van der Waals surface area contributed by atoms with E-state index in [9.17, 15) is 4.79 Å². The molecule has 0 bridgehead atoms. The van der Waals surface area contributed by atoms with Gasteiger partial charge in [-0.1, -0.05) is 24.4 Å². The number of nitrogens with zero attached hydrogens (tertiary/aromatic N) is 1. The van der Waals surface area contributed by atoms with Crippen molar-refractivity contribution >= 4 is 17.7 Å². The number of isocyanates is 1. The van der Waals surface area contributed by atoms with Crippen LogP contribution in [0.3, 0.4) is 0 Å². The second-order valence-corrected chi connectivity index (χ2v) is 5.35. The number of methoxy groups -OCH3 is 1. The lowest BCUT2D eigenvalue weighted by Crippen LogP contribution is -2.21. The van der Waals surface area contributed by atoms with Gasteiger partial charge in [0.1, 0.15) is 11.3 Å². The summed E-state index contributed by atoms with van der Waals surface area (Å²) in [6, 6.07) is 1.67. The molecule has 5 nitrogen and oxygen atoms in total. The third kappa shape index (κ3) is 1.86. The Kier molecular flexibility index (Phi) is 3.32. The van der Waals surface area contributed by atoms with Crippen molar-refractivity contribution in [2.45, 2.75) is 31.2 Å². The number of hydrogen-bond acceptors (Lipinski definition) is 5. The van der Waals surface area contributed by atoms with Crippen LogP contribution in [-0.4, -0.2) is 20.0 Å². The zero-order valence-corrected chi connectivity index (χ0v) is 11.8. The van der Waals surface area contributed by atoms with E-state index in [4.69, 9.17) is 25.8 Å². The zero-order valence-electron chi connectivity index (χ0n) is 11.1. The summed E-state index contributed by atoms with van der Waals surface area (Å²) in [6.45, 7) is 0.132. The SMILES string of the molecule is COc1c(Cl)cc2c(c1C1(N=C=O)CCCC1)OCO2. The van der Waals surface area contributed by atoms with E-state index in [1.807, 2.05) is 0 Å². The van der Waals surface area contributed by atoms with Crippen molar-refractivity contribution in [2.75, 3.05) is 13.9 Å². The molecule has 0 saturated heterocycles. The van der Waals surface area contributed by atoms with Gasteiger partial charge in [0.15, 0.2) is 11.5 Å². The molecule has 1 aromatic carbocycles. The molecular weight excluding hydrogens is 282 g/mol. The molecule has 1 saturated carbocycles. The first-order valence-corrected chi connectivity index (χ1v) is 6.85. The number of aliphatic imine (C=N–C) groups is 1. The van der Waals surface area contributed by atoms with E-state index in [0.717, 1.165) is 25.7 Å². The van der Waals surface area contributed by atoms with Gasteiger partial charge in [-0.15, -0.1) is 0 Å². The Morgan fingerprint density at radius 2 is 2.15 bits per heavy atom. The number of halogens is 1. The molecule has 20 heavy (non-hydrogen) atoms. The lowest BCUT2D eigenvalue weighted by atomic mass is 9.87. The van der Waals surface area contributed by atoms with Crippen LogP contribution in [-0.2, 0) is 10.3 Å². The number of rotatable bonds is 3. The topological polar surface area (TPSA) is 57.1 Å². The maximum absolute atomic E-state index is 10.9. The molecule has 1 aromatic rings. The van der Waals surface area contributed by atoms with E-state index < -0.39 is 5.54 Å². The van der Waals surface area contributed by atoms with Gasteiger partial charge in [0.2, 0.25) is 12.9 Å². The molecule has 0 atom stereocenters. The Morgan fingerprint density at radius 1 is 1.40 bits per heavy atom. The lowest BCUT2D eigenvalue weighted by molar-refractivity contribution is 0.171. The molecule has 0 N–H and O–H groups in total. The van der Waals surface area contributed by atoms with Crippen LogP contribution in [0.4, 0.5) is 0 Å². The highest BCUT2D eigenvalue weighted by Gasteiger charge is 2.43. The second kappa shape index (κ2) is 5.00. The van der Waals surface area contributed by atoms with Crippen molar-refractivity contribution in [3.05, 3.63) is 16.7 Å². The van der Waals surface area contributed by atoms with E-state index >= 15 is 0 Å². The lowest BCUT2D eigenvalue weighted by Gasteiger charge is -2.26. The zero-order chi connectivity index (χ0) is 14.2. The summed E-state index contributed by atoms with van der Waals surface area (Å²) in [5.74, 6) is 1.64. The molecule has 3 rings (SSSR count). The third-order valence-corrected chi connectivity index (χ3v) is 4.21. The maximum Gasteiger partial charge on any atom is 0.235 e. The summed E-state index contributed by atoms with van der Waals surface area (Å²) in [5, 5.41) is 0.430. The smallest absolute Gasteiger partial charge is 0.235 e. The minimum Gasteiger partial charge on any atom is -0.495 e. The fraction of sp³-hybridized carbons (Fsp3) is 0.500. The van der Waals surface area contributed by atoms with Crippen LogP contribution in [0.2, 0.25) is 5.02 Å². The van der Waals surface area contributed by atoms with Crippen LogP contribution >= 0.6 is 11.6 Å². The van der Waals surface area contributed by atoms with Crippen LogP contribution in [0.5, 0.6) is 17.2 Å². The van der Waals surface area contributed by atoms with Gasteiger partial charge >= 0.3 is 0 Å². The molecule has 0 unspecified atom stereocenters. The van der Waals surface area contributed by atoms with Gasteiger partial charge in [-0.05, 0) is 12.8 Å². The predicted molar refractivity (Wildman–Crippen MR) is 72.4 cm³/mol. The number of hydrogen-bond donors (Lipinski definition) is 0. The molecule has 1 fully saturated rings. The molecule has 1 aliphatic carbocycles. The highest BCUT2D eigenvalue weighted by atomic mass is 35.5. The van der Waals surface area contributed by atoms with Gasteiger partial charge in [-0.2, -0.15) is 4.99 Å². The number of fused-ring (bicyclic) bond motifs is 1. The molecule has 0 aromatic heterocycles. The van der Waals surface area contributed by atoms with Crippen LogP contribution in [0, 0.1) is 0 Å². The number of ether oxygens (including phenoxy) is 3. The molecule has 106 valence electrons. The summed E-state index contributed by atoms with van der Waals surface area (Å²) >= 11 is 6.25. The van der Waals surface area contributed by atoms with Crippen LogP contribution in [0.1, 0.15) is 31.2 Å². The van der Waals surface area contributed by atoms with Gasteiger partial charge in [-0.25, -0.2) is 4.79 Å². The van der Waals surface area contributed by atoms with Crippen molar-refractivity contribution in [3.63, 3.8) is 0 Å². The number of carbonyl (C=O) groups excluding carboxylic acids is 1. The summed E-state index contributed by atoms with van der Waals surface area (Å²) < 4.78 is 16.4. The van der Waals surface area contributed by atoms with Crippen LogP contribution in [0.15, 0.2) is 11.1 Å². The van der Waals surface area contributed by atoms with Crippen molar-refractivity contribution in [1.82, 2.24) is 0 Å². The van der Waals surface area contributed by atoms with E-state index in [1.165, 1.54) is 0 Å². The molecule has 0 radical (unpaired) electrons. The van der Waals surface area contributed by atoms with Crippen LogP contribution in [0.25, 0.3) is 0 Å². The van der Waals surface area contributed by atoms with Gasteiger partial charge in [0, 0.05) is 6.07 Å². The van der Waals surface area contributed by atoms with Crippen molar-refractivity contribution in [2.24, 2.45) is 4.99 Å². The maximum atomic E-state index is 10.9. The average molecular weight is 296 g/mol. The Bertz CT molecular complexity index is 586. The summed E-state index contributed by atoms with van der Waals surface area (Å²) in [5.41, 5.74) is 0.0383. The van der Waals surface area contributed by atoms with E-state index in [-0.39, 0.29) is 6.79 Å². The van der Waals surface area contributed by atoms with E-state index in [1.54, 1.807) is 19.3 Å². The van der Waals surface area contributed by atoms with Crippen molar-refractivity contribution in [1.29, 1.82) is 0 Å². The van der Waals surface area contributed by atoms with Crippen molar-refractivity contribution < 1.29 is 19.0 Å². The van der Waals surface area contributed by atoms with Crippen molar-refractivity contribution in [3.8, 4) is 17.2 Å². The van der Waals surface area contributed by atoms with Gasteiger partial charge in [-0.3, -0.25) is 0 Å². The van der Waals surface area contributed by atoms with Gasteiger partial charge in [0.05, 0.1) is 17.7 Å². The van der Waals surface area contributed by atoms with Gasteiger partial charge in [0.25, 0.3) is 0 Å².